The van der Waals surface area contributed by atoms with E-state index in [4.69, 9.17) is 0 Å². The molecule has 0 aliphatic rings. The number of aliphatic hydroxyl groups is 1. The molecule has 74 valence electrons. The predicted molar refractivity (Wildman–Crippen MR) is 53.3 cm³/mol. The fourth-order valence-electron chi connectivity index (χ4n) is 1.73. The van der Waals surface area contributed by atoms with Crippen molar-refractivity contribution in [1.82, 2.24) is 4.90 Å². The minimum Gasteiger partial charge on any atom is -0.391 e. The van der Waals surface area contributed by atoms with Crippen molar-refractivity contribution in [2.24, 2.45) is 0 Å². The first-order valence-electron chi connectivity index (χ1n) is 4.96. The molecular formula is C10H23NO. The summed E-state index contributed by atoms with van der Waals surface area (Å²) in [5, 5.41) is 9.66. The van der Waals surface area contributed by atoms with Crippen LogP contribution < -0.4 is 0 Å². The summed E-state index contributed by atoms with van der Waals surface area (Å²) in [6.07, 6.45) is 0.731. The van der Waals surface area contributed by atoms with Crippen LogP contribution in [0.3, 0.4) is 0 Å². The second kappa shape index (κ2) is 4.83. The van der Waals surface area contributed by atoms with Gasteiger partial charge in [-0.3, -0.25) is 4.90 Å². The third kappa shape index (κ3) is 2.20. The first kappa shape index (κ1) is 11.9. The van der Waals surface area contributed by atoms with Gasteiger partial charge >= 0.3 is 0 Å². The maximum Gasteiger partial charge on any atom is 0.0692 e. The van der Waals surface area contributed by atoms with Crippen LogP contribution in [0, 0.1) is 0 Å². The number of aliphatic hydroxyl groups excluding tert-OH is 1. The van der Waals surface area contributed by atoms with Gasteiger partial charge < -0.3 is 5.11 Å². The van der Waals surface area contributed by atoms with E-state index in [1.54, 1.807) is 0 Å². The zero-order valence-corrected chi connectivity index (χ0v) is 9.09. The summed E-state index contributed by atoms with van der Waals surface area (Å²) in [7, 11) is 0. The molecule has 0 spiro atoms. The van der Waals surface area contributed by atoms with Gasteiger partial charge in [0.25, 0.3) is 0 Å². The van der Waals surface area contributed by atoms with Gasteiger partial charge in [0, 0.05) is 5.54 Å². The van der Waals surface area contributed by atoms with Crippen molar-refractivity contribution in [2.75, 3.05) is 13.1 Å². The molecule has 2 unspecified atom stereocenters. The number of hydrogen-bond acceptors (Lipinski definition) is 2. The zero-order valence-electron chi connectivity index (χ0n) is 9.09. The van der Waals surface area contributed by atoms with Gasteiger partial charge in [-0.15, -0.1) is 0 Å². The Bertz CT molecular complexity index is 121. The van der Waals surface area contributed by atoms with E-state index in [-0.39, 0.29) is 11.6 Å². The Morgan fingerprint density at radius 2 is 1.67 bits per heavy atom. The highest BCUT2D eigenvalue weighted by molar-refractivity contribution is 4.88. The summed E-state index contributed by atoms with van der Waals surface area (Å²) in [6.45, 7) is 12.4. The minimum atomic E-state index is -0.262. The van der Waals surface area contributed by atoms with E-state index in [1.807, 2.05) is 6.92 Å². The summed E-state index contributed by atoms with van der Waals surface area (Å²) < 4.78 is 0. The molecule has 0 fully saturated rings. The first-order chi connectivity index (χ1) is 5.52. The van der Waals surface area contributed by atoms with Gasteiger partial charge in [-0.2, -0.15) is 0 Å². The Labute approximate surface area is 76.6 Å². The van der Waals surface area contributed by atoms with Crippen LogP contribution in [-0.4, -0.2) is 34.7 Å². The topological polar surface area (TPSA) is 23.5 Å². The molecule has 0 aliphatic heterocycles. The fraction of sp³-hybridized carbons (Fsp3) is 1.00. The summed E-state index contributed by atoms with van der Waals surface area (Å²) in [5.74, 6) is 0. The Kier molecular flexibility index (Phi) is 4.80. The van der Waals surface area contributed by atoms with Crippen molar-refractivity contribution in [3.8, 4) is 0 Å². The van der Waals surface area contributed by atoms with Crippen LogP contribution in [-0.2, 0) is 0 Å². The second-order valence-corrected chi connectivity index (χ2v) is 3.56. The zero-order chi connectivity index (χ0) is 9.78. The molecular weight excluding hydrogens is 150 g/mol. The van der Waals surface area contributed by atoms with Crippen molar-refractivity contribution >= 4 is 0 Å². The first-order valence-corrected chi connectivity index (χ1v) is 4.96. The van der Waals surface area contributed by atoms with Crippen LogP contribution >= 0.6 is 0 Å². The van der Waals surface area contributed by atoms with Crippen molar-refractivity contribution in [3.05, 3.63) is 0 Å². The van der Waals surface area contributed by atoms with Crippen LogP contribution in [0.4, 0.5) is 0 Å². The van der Waals surface area contributed by atoms with Gasteiger partial charge in [0.05, 0.1) is 6.10 Å². The van der Waals surface area contributed by atoms with Crippen LogP contribution in [0.5, 0.6) is 0 Å². The smallest absolute Gasteiger partial charge is 0.0692 e. The van der Waals surface area contributed by atoms with E-state index in [0.717, 1.165) is 19.5 Å². The van der Waals surface area contributed by atoms with Crippen LogP contribution in [0.1, 0.15) is 41.0 Å². The van der Waals surface area contributed by atoms with E-state index in [9.17, 15) is 5.11 Å². The maximum absolute atomic E-state index is 9.66. The lowest BCUT2D eigenvalue weighted by molar-refractivity contribution is -0.00903. The molecule has 0 amide bonds. The van der Waals surface area contributed by atoms with Gasteiger partial charge in [-0.05, 0) is 33.4 Å². The molecule has 0 rings (SSSR count). The molecule has 0 heterocycles. The van der Waals surface area contributed by atoms with Crippen molar-refractivity contribution < 1.29 is 5.11 Å². The van der Waals surface area contributed by atoms with E-state index < -0.39 is 0 Å². The third-order valence-electron chi connectivity index (χ3n) is 3.10. The standard InChI is InChI=1S/C10H23NO/c1-6-10(5,9(4)12)11(7-2)8-3/h9,12H,6-8H2,1-5H3. The highest BCUT2D eigenvalue weighted by Crippen LogP contribution is 2.22. The lowest BCUT2D eigenvalue weighted by Gasteiger charge is -2.42. The minimum absolute atomic E-state index is 0.0521. The maximum atomic E-state index is 9.66. The molecule has 0 aromatic heterocycles. The molecule has 0 radical (unpaired) electrons. The molecule has 0 aromatic rings. The van der Waals surface area contributed by atoms with Gasteiger partial charge in [0.2, 0.25) is 0 Å². The lowest BCUT2D eigenvalue weighted by Crippen LogP contribution is -2.53. The van der Waals surface area contributed by atoms with Crippen molar-refractivity contribution in [3.63, 3.8) is 0 Å². The largest absolute Gasteiger partial charge is 0.391 e. The van der Waals surface area contributed by atoms with Crippen LogP contribution in [0.2, 0.25) is 0 Å². The van der Waals surface area contributed by atoms with E-state index in [0.29, 0.717) is 0 Å². The molecule has 1 N–H and O–H groups in total. The quantitative estimate of drug-likeness (QED) is 0.686. The van der Waals surface area contributed by atoms with Crippen molar-refractivity contribution in [2.45, 2.75) is 52.7 Å². The van der Waals surface area contributed by atoms with E-state index in [1.165, 1.54) is 0 Å². The predicted octanol–water partition coefficient (Wildman–Crippen LogP) is 1.88. The van der Waals surface area contributed by atoms with Crippen LogP contribution in [0.15, 0.2) is 0 Å². The molecule has 2 heteroatoms. The van der Waals surface area contributed by atoms with Gasteiger partial charge in [0.15, 0.2) is 0 Å². The molecule has 0 saturated heterocycles. The van der Waals surface area contributed by atoms with E-state index >= 15 is 0 Å². The van der Waals surface area contributed by atoms with Gasteiger partial charge in [0.1, 0.15) is 0 Å². The SMILES string of the molecule is CCN(CC)C(C)(CC)C(C)O. The Morgan fingerprint density at radius 1 is 1.25 bits per heavy atom. The molecule has 0 aliphatic carbocycles. The third-order valence-corrected chi connectivity index (χ3v) is 3.10. The fourth-order valence-corrected chi connectivity index (χ4v) is 1.73. The summed E-state index contributed by atoms with van der Waals surface area (Å²) in [5.41, 5.74) is -0.0521. The summed E-state index contributed by atoms with van der Waals surface area (Å²) in [6, 6.07) is 0. The Hall–Kier alpha value is -0.0800. The molecule has 12 heavy (non-hydrogen) atoms. The molecule has 2 nitrogen and oxygen atoms in total. The highest BCUT2D eigenvalue weighted by Gasteiger charge is 2.32. The summed E-state index contributed by atoms with van der Waals surface area (Å²) >= 11 is 0. The monoisotopic (exact) mass is 173 g/mol. The number of likely N-dealkylation sites (N-methyl/N-ethyl adjacent to an activating group) is 1. The molecule has 0 saturated carbocycles. The Balaban J connectivity index is 4.47. The van der Waals surface area contributed by atoms with Gasteiger partial charge in [-0.25, -0.2) is 0 Å². The number of hydrogen-bond donors (Lipinski definition) is 1. The second-order valence-electron chi connectivity index (χ2n) is 3.56. The molecule has 2 atom stereocenters. The molecule has 0 aromatic carbocycles. The highest BCUT2D eigenvalue weighted by atomic mass is 16.3. The van der Waals surface area contributed by atoms with Crippen molar-refractivity contribution in [1.29, 1.82) is 0 Å². The Morgan fingerprint density at radius 3 is 1.75 bits per heavy atom. The van der Waals surface area contributed by atoms with Crippen LogP contribution in [0.25, 0.3) is 0 Å². The lowest BCUT2D eigenvalue weighted by atomic mass is 9.90. The molecule has 0 bridgehead atoms. The average molecular weight is 173 g/mol. The number of nitrogens with zero attached hydrogens (tertiary/aromatic N) is 1. The number of rotatable bonds is 5. The summed E-state index contributed by atoms with van der Waals surface area (Å²) in [4.78, 5) is 2.32. The normalized spacial score (nSPS) is 19.2. The average Bonchev–Trinajstić information content (AvgIpc) is 2.05. The van der Waals surface area contributed by atoms with Gasteiger partial charge in [-0.1, -0.05) is 20.8 Å². The van der Waals surface area contributed by atoms with E-state index in [2.05, 4.69) is 32.6 Å².